The zero-order valence-corrected chi connectivity index (χ0v) is 15.0. The van der Waals surface area contributed by atoms with Gasteiger partial charge in [0.2, 0.25) is 11.9 Å². The Morgan fingerprint density at radius 1 is 0.929 bits per heavy atom. The van der Waals surface area contributed by atoms with E-state index in [0.717, 1.165) is 5.69 Å². The Morgan fingerprint density at radius 3 is 2.54 bits per heavy atom. The number of nitrogen functional groups attached to an aromatic ring is 1. The Balaban J connectivity index is 1.56. The van der Waals surface area contributed by atoms with Crippen molar-refractivity contribution in [1.29, 1.82) is 0 Å². The molecule has 0 saturated carbocycles. The van der Waals surface area contributed by atoms with Gasteiger partial charge in [-0.1, -0.05) is 35.5 Å². The third-order valence-corrected chi connectivity index (χ3v) is 3.85. The van der Waals surface area contributed by atoms with Crippen LogP contribution in [0.2, 0.25) is 0 Å². The topological polar surface area (TPSA) is 125 Å². The number of nitrogens with one attached hydrogen (secondary N) is 1. The number of rotatable bonds is 6. The number of nitrogens with two attached hydrogens (primary N) is 1. The monoisotopic (exact) mass is 375 g/mol. The number of hydrogen-bond acceptors (Lipinski definition) is 9. The number of hydrogen-bond donors (Lipinski definition) is 2. The van der Waals surface area contributed by atoms with Crippen LogP contribution in [0.3, 0.4) is 0 Å². The van der Waals surface area contributed by atoms with Crippen molar-refractivity contribution in [2.45, 2.75) is 6.42 Å². The minimum Gasteiger partial charge on any atom is -0.496 e. The van der Waals surface area contributed by atoms with Crippen molar-refractivity contribution in [1.82, 2.24) is 25.1 Å². The smallest absolute Gasteiger partial charge is 0.261 e. The van der Waals surface area contributed by atoms with Gasteiger partial charge in [0, 0.05) is 5.69 Å². The molecule has 0 unspecified atom stereocenters. The minimum atomic E-state index is 0.108. The van der Waals surface area contributed by atoms with Crippen LogP contribution in [0.25, 0.3) is 11.5 Å². The van der Waals surface area contributed by atoms with E-state index in [1.807, 2.05) is 54.6 Å². The van der Waals surface area contributed by atoms with E-state index < -0.39 is 0 Å². The quantitative estimate of drug-likeness (QED) is 0.523. The molecule has 0 saturated heterocycles. The second-order valence-corrected chi connectivity index (χ2v) is 5.82. The van der Waals surface area contributed by atoms with E-state index in [9.17, 15) is 0 Å². The van der Waals surface area contributed by atoms with E-state index in [0.29, 0.717) is 34.8 Å². The molecule has 0 aliphatic rings. The van der Waals surface area contributed by atoms with E-state index >= 15 is 0 Å². The molecule has 2 aromatic carbocycles. The molecular weight excluding hydrogens is 358 g/mol. The third-order valence-electron chi connectivity index (χ3n) is 3.85. The average molecular weight is 375 g/mol. The lowest BCUT2D eigenvalue weighted by atomic mass is 10.2. The highest BCUT2D eigenvalue weighted by Crippen LogP contribution is 2.28. The summed E-state index contributed by atoms with van der Waals surface area (Å²) in [4.78, 5) is 17.1. The molecule has 9 nitrogen and oxygen atoms in total. The Hall–Kier alpha value is -4.01. The molecule has 4 rings (SSSR count). The number of nitrogens with zero attached hydrogens (tertiary/aromatic N) is 5. The number of aromatic nitrogens is 5. The number of methoxy groups -OCH3 is 1. The van der Waals surface area contributed by atoms with Gasteiger partial charge >= 0.3 is 0 Å². The molecule has 9 heteroatoms. The Bertz CT molecular complexity index is 1080. The number of ether oxygens (including phenoxy) is 1. The van der Waals surface area contributed by atoms with Gasteiger partial charge < -0.3 is 20.3 Å². The lowest BCUT2D eigenvalue weighted by Gasteiger charge is -2.06. The first-order chi connectivity index (χ1) is 13.7. The molecule has 2 heterocycles. The van der Waals surface area contributed by atoms with Crippen LogP contribution in [0.15, 0.2) is 59.1 Å². The molecule has 2 aromatic heterocycles. The van der Waals surface area contributed by atoms with Crippen LogP contribution < -0.4 is 15.8 Å². The normalized spacial score (nSPS) is 10.6. The second kappa shape index (κ2) is 7.70. The third kappa shape index (κ3) is 3.88. The van der Waals surface area contributed by atoms with Crippen molar-refractivity contribution in [2.24, 2.45) is 0 Å². The van der Waals surface area contributed by atoms with Crippen LogP contribution >= 0.6 is 0 Å². The number of para-hydroxylation sites is 2. The maximum atomic E-state index is 5.82. The van der Waals surface area contributed by atoms with Gasteiger partial charge in [0.15, 0.2) is 5.82 Å². The van der Waals surface area contributed by atoms with Crippen molar-refractivity contribution in [3.63, 3.8) is 0 Å². The van der Waals surface area contributed by atoms with Crippen LogP contribution in [0.4, 0.5) is 17.6 Å². The molecule has 0 aliphatic heterocycles. The second-order valence-electron chi connectivity index (χ2n) is 5.82. The fourth-order valence-corrected chi connectivity index (χ4v) is 2.62. The highest BCUT2D eigenvalue weighted by Gasteiger charge is 2.15. The first-order valence-electron chi connectivity index (χ1n) is 8.50. The summed E-state index contributed by atoms with van der Waals surface area (Å²) in [7, 11) is 1.59. The molecule has 0 spiro atoms. The molecule has 3 N–H and O–H groups in total. The average Bonchev–Trinajstić information content (AvgIpc) is 3.16. The molecule has 0 aliphatic carbocycles. The summed E-state index contributed by atoms with van der Waals surface area (Å²) >= 11 is 0. The Labute approximate surface area is 160 Å². The molecule has 0 atom stereocenters. The van der Waals surface area contributed by atoms with Crippen LogP contribution in [0, 0.1) is 0 Å². The molecule has 4 aromatic rings. The van der Waals surface area contributed by atoms with Gasteiger partial charge in [0.05, 0.1) is 19.1 Å². The van der Waals surface area contributed by atoms with Gasteiger partial charge in [-0.25, -0.2) is 0 Å². The fraction of sp³-hybridized carbons (Fsp3) is 0.105. The van der Waals surface area contributed by atoms with E-state index in [2.05, 4.69) is 30.4 Å². The van der Waals surface area contributed by atoms with Gasteiger partial charge in [-0.15, -0.1) is 0 Å². The Morgan fingerprint density at radius 2 is 1.71 bits per heavy atom. The fourth-order valence-electron chi connectivity index (χ4n) is 2.62. The van der Waals surface area contributed by atoms with Crippen molar-refractivity contribution >= 4 is 17.6 Å². The zero-order chi connectivity index (χ0) is 19.3. The summed E-state index contributed by atoms with van der Waals surface area (Å²) < 4.78 is 10.7. The van der Waals surface area contributed by atoms with Crippen LogP contribution in [-0.2, 0) is 6.42 Å². The summed E-state index contributed by atoms with van der Waals surface area (Å²) in [6.45, 7) is 0. The van der Waals surface area contributed by atoms with Crippen molar-refractivity contribution in [2.75, 3.05) is 18.2 Å². The summed E-state index contributed by atoms with van der Waals surface area (Å²) in [5.74, 6) is 2.32. The van der Waals surface area contributed by atoms with E-state index in [-0.39, 0.29) is 12.4 Å². The van der Waals surface area contributed by atoms with Crippen molar-refractivity contribution < 1.29 is 9.26 Å². The maximum Gasteiger partial charge on any atom is 0.261 e. The number of anilines is 3. The lowest BCUT2D eigenvalue weighted by molar-refractivity contribution is 0.403. The SMILES string of the molecule is COc1ccccc1-c1nc(Cc2nc(N)nc(Nc3ccccc3)n2)no1. The summed E-state index contributed by atoms with van der Waals surface area (Å²) in [5, 5.41) is 7.10. The predicted octanol–water partition coefficient (Wildman–Crippen LogP) is 2.85. The molecule has 0 radical (unpaired) electrons. The van der Waals surface area contributed by atoms with Crippen molar-refractivity contribution in [3.8, 4) is 17.2 Å². The zero-order valence-electron chi connectivity index (χ0n) is 15.0. The molecule has 0 bridgehead atoms. The van der Waals surface area contributed by atoms with Gasteiger partial charge in [-0.05, 0) is 24.3 Å². The Kier molecular flexibility index (Phi) is 4.79. The summed E-state index contributed by atoms with van der Waals surface area (Å²) in [6, 6.07) is 17.0. The van der Waals surface area contributed by atoms with Gasteiger partial charge in [0.1, 0.15) is 11.6 Å². The summed E-state index contributed by atoms with van der Waals surface area (Å²) in [5.41, 5.74) is 7.38. The molecule has 28 heavy (non-hydrogen) atoms. The maximum absolute atomic E-state index is 5.82. The highest BCUT2D eigenvalue weighted by atomic mass is 16.5. The van der Waals surface area contributed by atoms with Crippen LogP contribution in [0.1, 0.15) is 11.6 Å². The van der Waals surface area contributed by atoms with E-state index in [1.54, 1.807) is 7.11 Å². The molecule has 0 amide bonds. The first-order valence-corrected chi connectivity index (χ1v) is 8.50. The first kappa shape index (κ1) is 17.4. The number of benzene rings is 2. The highest BCUT2D eigenvalue weighted by molar-refractivity contribution is 5.62. The predicted molar refractivity (Wildman–Crippen MR) is 103 cm³/mol. The van der Waals surface area contributed by atoms with Gasteiger partial charge in [-0.3, -0.25) is 0 Å². The molecule has 0 fully saturated rings. The minimum absolute atomic E-state index is 0.108. The van der Waals surface area contributed by atoms with Gasteiger partial charge in [0.25, 0.3) is 5.89 Å². The van der Waals surface area contributed by atoms with Crippen LogP contribution in [0.5, 0.6) is 5.75 Å². The van der Waals surface area contributed by atoms with Gasteiger partial charge in [-0.2, -0.15) is 19.9 Å². The molecule has 140 valence electrons. The molecular formula is C19H17N7O2. The van der Waals surface area contributed by atoms with Crippen molar-refractivity contribution in [3.05, 3.63) is 66.2 Å². The van der Waals surface area contributed by atoms with Crippen LogP contribution in [-0.4, -0.2) is 32.2 Å². The van der Waals surface area contributed by atoms with E-state index in [1.165, 1.54) is 0 Å². The standard InChI is InChI=1S/C19H17N7O2/c1-27-14-10-6-5-9-13(14)17-22-16(26-28-17)11-15-23-18(20)25-19(24-15)21-12-7-3-2-4-8-12/h2-10H,11H2,1H3,(H3,20,21,23,24,25). The van der Waals surface area contributed by atoms with E-state index in [4.69, 9.17) is 15.0 Å². The summed E-state index contributed by atoms with van der Waals surface area (Å²) in [6.07, 6.45) is 0.245. The largest absolute Gasteiger partial charge is 0.496 e. The lowest BCUT2D eigenvalue weighted by Crippen LogP contribution is -2.08.